The minimum atomic E-state index is -0.257. The van der Waals surface area contributed by atoms with E-state index in [1.807, 2.05) is 41.2 Å². The second-order valence-electron chi connectivity index (χ2n) is 5.50. The minimum absolute atomic E-state index is 0.257. The van der Waals surface area contributed by atoms with Gasteiger partial charge < -0.3 is 5.32 Å². The van der Waals surface area contributed by atoms with Crippen LogP contribution in [0.2, 0.25) is 0 Å². The largest absolute Gasteiger partial charge is 0.337 e. The van der Waals surface area contributed by atoms with Crippen LogP contribution in [-0.4, -0.2) is 32.6 Å². The summed E-state index contributed by atoms with van der Waals surface area (Å²) in [6, 6.07) is 9.74. The fraction of sp³-hybridized carbons (Fsp3) is 0.294. The first-order valence-corrected chi connectivity index (χ1v) is 9.02. The summed E-state index contributed by atoms with van der Waals surface area (Å²) in [5, 5.41) is 19.2. The van der Waals surface area contributed by atoms with Gasteiger partial charge >= 0.3 is 6.03 Å². The van der Waals surface area contributed by atoms with E-state index < -0.39 is 0 Å². The third kappa shape index (κ3) is 4.87. The van der Waals surface area contributed by atoms with Crippen molar-refractivity contribution in [1.82, 2.24) is 25.3 Å². The monoisotopic (exact) mass is 356 g/mol. The Labute approximate surface area is 150 Å². The number of nitrogens with one attached hydrogen (secondary N) is 2. The van der Waals surface area contributed by atoms with Gasteiger partial charge in [-0.1, -0.05) is 30.4 Å². The highest BCUT2D eigenvalue weighted by Crippen LogP contribution is 2.16. The Hall–Kier alpha value is -2.74. The standard InChI is InChI=1S/C17H20N6OS/c1-2-4-15-21-22-17(25-15)20-16(24)18-11-9-13-5-7-14(8-6-13)23-12-3-10-19-23/h3,5-8,10,12H,2,4,9,11H2,1H3,(H2,18,20,22,24). The third-order valence-electron chi connectivity index (χ3n) is 3.56. The molecule has 7 nitrogen and oxygen atoms in total. The van der Waals surface area contributed by atoms with Crippen molar-refractivity contribution in [3.8, 4) is 5.69 Å². The smallest absolute Gasteiger partial charge is 0.321 e. The van der Waals surface area contributed by atoms with Crippen molar-refractivity contribution in [1.29, 1.82) is 0 Å². The summed E-state index contributed by atoms with van der Waals surface area (Å²) in [7, 11) is 0. The number of carbonyl (C=O) groups excluding carboxylic acids is 1. The van der Waals surface area contributed by atoms with E-state index in [-0.39, 0.29) is 6.03 Å². The van der Waals surface area contributed by atoms with Gasteiger partial charge in [0.1, 0.15) is 5.01 Å². The Morgan fingerprint density at radius 3 is 2.76 bits per heavy atom. The van der Waals surface area contributed by atoms with E-state index in [1.165, 1.54) is 11.3 Å². The van der Waals surface area contributed by atoms with Crippen molar-refractivity contribution in [3.63, 3.8) is 0 Å². The molecule has 3 aromatic rings. The summed E-state index contributed by atoms with van der Waals surface area (Å²) < 4.78 is 1.81. The molecule has 0 saturated heterocycles. The first kappa shape index (κ1) is 17.1. The first-order valence-electron chi connectivity index (χ1n) is 8.21. The van der Waals surface area contributed by atoms with Gasteiger partial charge in [-0.2, -0.15) is 5.10 Å². The van der Waals surface area contributed by atoms with E-state index in [0.717, 1.165) is 35.5 Å². The summed E-state index contributed by atoms with van der Waals surface area (Å²) in [4.78, 5) is 11.9. The molecule has 25 heavy (non-hydrogen) atoms. The maximum absolute atomic E-state index is 11.9. The molecule has 2 aromatic heterocycles. The fourth-order valence-electron chi connectivity index (χ4n) is 2.32. The molecule has 2 N–H and O–H groups in total. The summed E-state index contributed by atoms with van der Waals surface area (Å²) in [6.07, 6.45) is 6.30. The van der Waals surface area contributed by atoms with Crippen LogP contribution in [0.3, 0.4) is 0 Å². The molecular weight excluding hydrogens is 336 g/mol. The van der Waals surface area contributed by atoms with E-state index in [2.05, 4.69) is 32.9 Å². The Balaban J connectivity index is 1.43. The first-order chi connectivity index (χ1) is 12.2. The van der Waals surface area contributed by atoms with Crippen molar-refractivity contribution < 1.29 is 4.79 Å². The molecule has 0 spiro atoms. The Kier molecular flexibility index (Phi) is 5.73. The molecule has 8 heteroatoms. The molecule has 0 unspecified atom stereocenters. The van der Waals surface area contributed by atoms with Gasteiger partial charge in [0, 0.05) is 25.4 Å². The van der Waals surface area contributed by atoms with E-state index >= 15 is 0 Å². The van der Waals surface area contributed by atoms with Crippen LogP contribution in [-0.2, 0) is 12.8 Å². The van der Waals surface area contributed by atoms with Gasteiger partial charge in [0.25, 0.3) is 0 Å². The highest BCUT2D eigenvalue weighted by Gasteiger charge is 2.07. The van der Waals surface area contributed by atoms with Gasteiger partial charge in [-0.05, 0) is 36.6 Å². The summed E-state index contributed by atoms with van der Waals surface area (Å²) in [5.41, 5.74) is 2.16. The van der Waals surface area contributed by atoms with Crippen LogP contribution < -0.4 is 10.6 Å². The molecule has 3 rings (SSSR count). The number of aryl methyl sites for hydroxylation is 1. The lowest BCUT2D eigenvalue weighted by Gasteiger charge is -2.06. The van der Waals surface area contributed by atoms with Crippen LogP contribution in [0.15, 0.2) is 42.7 Å². The SMILES string of the molecule is CCCc1nnc(NC(=O)NCCc2ccc(-n3cccn3)cc2)s1. The number of urea groups is 1. The molecule has 0 fully saturated rings. The predicted octanol–water partition coefficient (Wildman–Crippen LogP) is 3.04. The number of aromatic nitrogens is 4. The minimum Gasteiger partial charge on any atom is -0.337 e. The molecule has 0 bridgehead atoms. The molecule has 0 aliphatic rings. The molecule has 0 aliphatic carbocycles. The van der Waals surface area contributed by atoms with Gasteiger partial charge in [0.2, 0.25) is 5.13 Å². The average molecular weight is 356 g/mol. The zero-order valence-corrected chi connectivity index (χ0v) is 14.8. The Bertz CT molecular complexity index is 797. The molecule has 0 atom stereocenters. The van der Waals surface area contributed by atoms with Crippen LogP contribution in [0.1, 0.15) is 23.9 Å². The topological polar surface area (TPSA) is 84.7 Å². The quantitative estimate of drug-likeness (QED) is 0.681. The Morgan fingerprint density at radius 1 is 1.20 bits per heavy atom. The normalized spacial score (nSPS) is 10.6. The Morgan fingerprint density at radius 2 is 2.04 bits per heavy atom. The van der Waals surface area contributed by atoms with E-state index in [9.17, 15) is 4.79 Å². The zero-order chi connectivity index (χ0) is 17.5. The highest BCUT2D eigenvalue weighted by atomic mass is 32.1. The van der Waals surface area contributed by atoms with Crippen LogP contribution in [0.25, 0.3) is 5.69 Å². The lowest BCUT2D eigenvalue weighted by molar-refractivity contribution is 0.252. The number of benzene rings is 1. The second-order valence-corrected chi connectivity index (χ2v) is 6.56. The number of carbonyl (C=O) groups is 1. The van der Waals surface area contributed by atoms with E-state index in [4.69, 9.17) is 0 Å². The van der Waals surface area contributed by atoms with Crippen molar-refractivity contribution in [2.75, 3.05) is 11.9 Å². The van der Waals surface area contributed by atoms with Gasteiger partial charge in [0.05, 0.1) is 5.69 Å². The van der Waals surface area contributed by atoms with Crippen molar-refractivity contribution in [2.45, 2.75) is 26.2 Å². The third-order valence-corrected chi connectivity index (χ3v) is 4.45. The number of hydrogen-bond donors (Lipinski definition) is 2. The van der Waals surface area contributed by atoms with Crippen molar-refractivity contribution >= 4 is 22.5 Å². The molecule has 0 aliphatic heterocycles. The molecular formula is C17H20N6OS. The second kappa shape index (κ2) is 8.39. The lowest BCUT2D eigenvalue weighted by Crippen LogP contribution is -2.30. The van der Waals surface area contributed by atoms with E-state index in [0.29, 0.717) is 11.7 Å². The molecule has 0 radical (unpaired) electrons. The maximum atomic E-state index is 11.9. The molecule has 2 heterocycles. The summed E-state index contributed by atoms with van der Waals surface area (Å²) >= 11 is 1.41. The number of hydrogen-bond acceptors (Lipinski definition) is 5. The van der Waals surface area contributed by atoms with Crippen molar-refractivity contribution in [3.05, 3.63) is 53.3 Å². The molecule has 0 saturated carbocycles. The van der Waals surface area contributed by atoms with E-state index in [1.54, 1.807) is 6.20 Å². The number of rotatable bonds is 7. The van der Waals surface area contributed by atoms with Gasteiger partial charge in [-0.25, -0.2) is 9.48 Å². The van der Waals surface area contributed by atoms with Gasteiger partial charge in [-0.15, -0.1) is 10.2 Å². The molecule has 130 valence electrons. The lowest BCUT2D eigenvalue weighted by atomic mass is 10.1. The number of anilines is 1. The molecule has 1 aromatic carbocycles. The van der Waals surface area contributed by atoms with Crippen LogP contribution >= 0.6 is 11.3 Å². The maximum Gasteiger partial charge on any atom is 0.321 e. The van der Waals surface area contributed by atoms with Crippen LogP contribution in [0.4, 0.5) is 9.93 Å². The summed E-state index contributed by atoms with van der Waals surface area (Å²) in [5.74, 6) is 0. The fourth-order valence-corrected chi connectivity index (χ4v) is 3.15. The van der Waals surface area contributed by atoms with Gasteiger partial charge in [-0.3, -0.25) is 5.32 Å². The van der Waals surface area contributed by atoms with Crippen molar-refractivity contribution in [2.24, 2.45) is 0 Å². The number of nitrogens with zero attached hydrogens (tertiary/aromatic N) is 4. The zero-order valence-electron chi connectivity index (χ0n) is 14.0. The van der Waals surface area contributed by atoms with Crippen LogP contribution in [0.5, 0.6) is 0 Å². The summed E-state index contributed by atoms with van der Waals surface area (Å²) in [6.45, 7) is 2.64. The predicted molar refractivity (Wildman–Crippen MR) is 98.2 cm³/mol. The average Bonchev–Trinajstić information content (AvgIpc) is 3.28. The van der Waals surface area contributed by atoms with Gasteiger partial charge in [0.15, 0.2) is 0 Å². The number of amides is 2. The van der Waals surface area contributed by atoms with Crippen LogP contribution in [0, 0.1) is 0 Å². The molecule has 2 amide bonds. The highest BCUT2D eigenvalue weighted by molar-refractivity contribution is 7.15.